The molecule has 0 saturated heterocycles. The average molecular weight is 264 g/mol. The number of hydrogen-bond donors (Lipinski definition) is 1. The molecule has 0 saturated carbocycles. The lowest BCUT2D eigenvalue weighted by atomic mass is 10.1. The Kier molecular flexibility index (Phi) is 3.95. The Morgan fingerprint density at radius 1 is 1.42 bits per heavy atom. The molecular weight excluding hydrogens is 244 g/mol. The molecule has 5 heteroatoms. The normalized spacial score (nSPS) is 18.4. The first-order chi connectivity index (χ1) is 9.02. The summed E-state index contributed by atoms with van der Waals surface area (Å²) in [4.78, 5) is 16.1. The van der Waals surface area contributed by atoms with Crippen LogP contribution < -0.4 is 9.64 Å². The Morgan fingerprint density at radius 2 is 2.16 bits per heavy atom. The second-order valence-corrected chi connectivity index (χ2v) is 4.96. The van der Waals surface area contributed by atoms with Gasteiger partial charge in [-0.3, -0.25) is 4.79 Å². The van der Waals surface area contributed by atoms with Gasteiger partial charge >= 0.3 is 0 Å². The first-order valence-electron chi connectivity index (χ1n) is 6.48. The zero-order valence-electron chi connectivity index (χ0n) is 11.6. The number of aromatic hydroxyl groups is 1. The fourth-order valence-corrected chi connectivity index (χ4v) is 2.10. The number of fused-ring (bicyclic) bond motifs is 1. The second kappa shape index (κ2) is 5.48. The summed E-state index contributed by atoms with van der Waals surface area (Å²) in [6, 6.07) is 4.86. The maximum atomic E-state index is 12.3. The lowest BCUT2D eigenvalue weighted by Gasteiger charge is -2.34. The molecule has 1 aromatic rings. The van der Waals surface area contributed by atoms with Gasteiger partial charge in [0.15, 0.2) is 6.10 Å². The van der Waals surface area contributed by atoms with Gasteiger partial charge in [-0.2, -0.15) is 0 Å². The van der Waals surface area contributed by atoms with Crippen LogP contribution >= 0.6 is 0 Å². The molecule has 0 radical (unpaired) electrons. The van der Waals surface area contributed by atoms with Crippen molar-refractivity contribution in [1.82, 2.24) is 4.90 Å². The van der Waals surface area contributed by atoms with Gasteiger partial charge < -0.3 is 19.6 Å². The number of likely N-dealkylation sites (N-methyl/N-ethyl adjacent to an activating group) is 1. The van der Waals surface area contributed by atoms with Crippen molar-refractivity contribution in [2.24, 2.45) is 0 Å². The Labute approximate surface area is 113 Å². The van der Waals surface area contributed by atoms with Crippen LogP contribution in [0.25, 0.3) is 0 Å². The quantitative estimate of drug-likeness (QED) is 0.894. The molecule has 1 unspecified atom stereocenters. The Bertz CT molecular complexity index is 474. The lowest BCUT2D eigenvalue weighted by Crippen LogP contribution is -2.47. The van der Waals surface area contributed by atoms with Crippen LogP contribution in [0.1, 0.15) is 13.3 Å². The first kappa shape index (κ1) is 13.7. The molecule has 19 heavy (non-hydrogen) atoms. The maximum Gasteiger partial charge on any atom is 0.268 e. The van der Waals surface area contributed by atoms with E-state index < -0.39 is 6.10 Å². The molecular formula is C14H20N2O3. The first-order valence-corrected chi connectivity index (χ1v) is 6.48. The van der Waals surface area contributed by atoms with Crippen molar-refractivity contribution in [3.63, 3.8) is 0 Å². The molecule has 1 aliphatic rings. The van der Waals surface area contributed by atoms with Crippen LogP contribution in [0.4, 0.5) is 5.69 Å². The van der Waals surface area contributed by atoms with Crippen LogP contribution in [0.5, 0.6) is 11.5 Å². The van der Waals surface area contributed by atoms with Gasteiger partial charge in [0.25, 0.3) is 5.91 Å². The van der Waals surface area contributed by atoms with E-state index in [0.29, 0.717) is 18.7 Å². The average Bonchev–Trinajstić information content (AvgIpc) is 2.37. The van der Waals surface area contributed by atoms with E-state index in [-0.39, 0.29) is 11.7 Å². The van der Waals surface area contributed by atoms with Crippen LogP contribution in [-0.2, 0) is 4.79 Å². The summed E-state index contributed by atoms with van der Waals surface area (Å²) in [6.45, 7) is 3.31. The van der Waals surface area contributed by atoms with E-state index in [0.717, 1.165) is 12.2 Å². The molecule has 1 aromatic carbocycles. The van der Waals surface area contributed by atoms with Gasteiger partial charge in [0.1, 0.15) is 11.5 Å². The summed E-state index contributed by atoms with van der Waals surface area (Å²) in [6.07, 6.45) is 0.156. The third-order valence-corrected chi connectivity index (χ3v) is 3.19. The Balaban J connectivity index is 2.31. The van der Waals surface area contributed by atoms with Crippen molar-refractivity contribution in [1.29, 1.82) is 0 Å². The minimum Gasteiger partial charge on any atom is -0.508 e. The van der Waals surface area contributed by atoms with E-state index in [1.165, 1.54) is 0 Å². The summed E-state index contributed by atoms with van der Waals surface area (Å²) in [5, 5.41) is 9.53. The monoisotopic (exact) mass is 264 g/mol. The smallest absolute Gasteiger partial charge is 0.268 e. The van der Waals surface area contributed by atoms with E-state index in [9.17, 15) is 9.90 Å². The van der Waals surface area contributed by atoms with E-state index in [1.54, 1.807) is 23.1 Å². The molecule has 1 amide bonds. The number of carbonyl (C=O) groups is 1. The number of carbonyl (C=O) groups excluding carboxylic acids is 1. The van der Waals surface area contributed by atoms with Crippen LogP contribution in [0.3, 0.4) is 0 Å². The fraction of sp³-hybridized carbons (Fsp3) is 0.500. The molecule has 1 N–H and O–H groups in total. The Hall–Kier alpha value is -1.75. The van der Waals surface area contributed by atoms with E-state index in [4.69, 9.17) is 4.74 Å². The third kappa shape index (κ3) is 2.81. The molecule has 2 rings (SSSR count). The zero-order valence-corrected chi connectivity index (χ0v) is 11.6. The van der Waals surface area contributed by atoms with Crippen LogP contribution in [0, 0.1) is 0 Å². The number of phenols is 1. The van der Waals surface area contributed by atoms with Crippen molar-refractivity contribution in [3.05, 3.63) is 18.2 Å². The zero-order chi connectivity index (χ0) is 14.0. The standard InChI is InChI=1S/C14H20N2O3/c1-4-12-14(18)16(8-7-15(2)3)11-6-5-10(17)9-13(11)19-12/h5-6,9,12,17H,4,7-8H2,1-3H3. The number of benzene rings is 1. The molecule has 0 aliphatic carbocycles. The van der Waals surface area contributed by atoms with Crippen molar-refractivity contribution in [3.8, 4) is 11.5 Å². The molecule has 0 aromatic heterocycles. The van der Waals surface area contributed by atoms with Gasteiger partial charge in [0.2, 0.25) is 0 Å². The van der Waals surface area contributed by atoms with E-state index in [1.807, 2.05) is 25.9 Å². The predicted molar refractivity (Wildman–Crippen MR) is 73.7 cm³/mol. The third-order valence-electron chi connectivity index (χ3n) is 3.19. The van der Waals surface area contributed by atoms with Crippen molar-refractivity contribution in [2.45, 2.75) is 19.4 Å². The summed E-state index contributed by atoms with van der Waals surface area (Å²) in [5.41, 5.74) is 0.731. The predicted octanol–water partition coefficient (Wildman–Crippen LogP) is 1.46. The van der Waals surface area contributed by atoms with Gasteiger partial charge in [-0.25, -0.2) is 0 Å². The van der Waals surface area contributed by atoms with Gasteiger partial charge in [0.05, 0.1) is 5.69 Å². The minimum absolute atomic E-state index is 0.0115. The number of rotatable bonds is 4. The molecule has 0 bridgehead atoms. The molecule has 1 aliphatic heterocycles. The SMILES string of the molecule is CCC1Oc2cc(O)ccc2N(CCN(C)C)C1=O. The van der Waals surface area contributed by atoms with Crippen molar-refractivity contribution >= 4 is 11.6 Å². The van der Waals surface area contributed by atoms with Crippen LogP contribution in [0.2, 0.25) is 0 Å². The number of amides is 1. The van der Waals surface area contributed by atoms with Crippen LogP contribution in [0.15, 0.2) is 18.2 Å². The minimum atomic E-state index is -0.462. The van der Waals surface area contributed by atoms with Gasteiger partial charge in [-0.15, -0.1) is 0 Å². The largest absolute Gasteiger partial charge is 0.508 e. The van der Waals surface area contributed by atoms with Gasteiger partial charge in [-0.1, -0.05) is 6.92 Å². The molecule has 5 nitrogen and oxygen atoms in total. The topological polar surface area (TPSA) is 53.0 Å². The number of anilines is 1. The summed E-state index contributed by atoms with van der Waals surface area (Å²) >= 11 is 0. The highest BCUT2D eigenvalue weighted by atomic mass is 16.5. The molecule has 1 atom stereocenters. The second-order valence-electron chi connectivity index (χ2n) is 4.96. The van der Waals surface area contributed by atoms with Crippen molar-refractivity contribution < 1.29 is 14.6 Å². The van der Waals surface area contributed by atoms with Crippen LogP contribution in [-0.4, -0.2) is 49.2 Å². The summed E-state index contributed by atoms with van der Waals surface area (Å²) in [5.74, 6) is 0.711. The summed E-state index contributed by atoms with van der Waals surface area (Å²) < 4.78 is 5.65. The highest BCUT2D eigenvalue weighted by molar-refractivity contribution is 6.00. The number of hydrogen-bond acceptors (Lipinski definition) is 4. The molecule has 1 heterocycles. The lowest BCUT2D eigenvalue weighted by molar-refractivity contribution is -0.126. The highest BCUT2D eigenvalue weighted by Crippen LogP contribution is 2.37. The molecule has 0 spiro atoms. The number of nitrogens with zero attached hydrogens (tertiary/aromatic N) is 2. The van der Waals surface area contributed by atoms with E-state index in [2.05, 4.69) is 0 Å². The van der Waals surface area contributed by atoms with Gasteiger partial charge in [-0.05, 0) is 32.6 Å². The number of phenolic OH excluding ortho intramolecular Hbond substituents is 1. The van der Waals surface area contributed by atoms with Gasteiger partial charge in [0, 0.05) is 19.2 Å². The number of ether oxygens (including phenoxy) is 1. The molecule has 0 fully saturated rings. The Morgan fingerprint density at radius 3 is 2.79 bits per heavy atom. The summed E-state index contributed by atoms with van der Waals surface area (Å²) in [7, 11) is 3.94. The maximum absolute atomic E-state index is 12.3. The highest BCUT2D eigenvalue weighted by Gasteiger charge is 2.33. The van der Waals surface area contributed by atoms with Crippen molar-refractivity contribution in [2.75, 3.05) is 32.1 Å². The molecule has 104 valence electrons. The van der Waals surface area contributed by atoms with E-state index >= 15 is 0 Å². The fourth-order valence-electron chi connectivity index (χ4n) is 2.10.